The number of hydrogen-bond acceptors (Lipinski definition) is 8. The van der Waals surface area contributed by atoms with Gasteiger partial charge in [0.15, 0.2) is 17.3 Å². The average Bonchev–Trinajstić information content (AvgIpc) is 3.46. The summed E-state index contributed by atoms with van der Waals surface area (Å²) in [7, 11) is 0. The van der Waals surface area contributed by atoms with Crippen LogP contribution in [0.15, 0.2) is 58.2 Å². The summed E-state index contributed by atoms with van der Waals surface area (Å²) in [5, 5.41) is 8.34. The predicted molar refractivity (Wildman–Crippen MR) is 113 cm³/mol. The number of carbonyl (C=O) groups excluding carboxylic acids is 2. The van der Waals surface area contributed by atoms with Crippen LogP contribution in [0, 0.1) is 0 Å². The first-order valence-electron chi connectivity index (χ1n) is 9.96. The van der Waals surface area contributed by atoms with Gasteiger partial charge in [0.25, 0.3) is 11.1 Å². The largest absolute Gasteiger partial charge is 0.485 e. The fraction of sp³-hybridized carbons (Fsp3) is 0.273. The van der Waals surface area contributed by atoms with Crippen LogP contribution in [0.5, 0.6) is 11.5 Å². The highest BCUT2D eigenvalue weighted by Crippen LogP contribution is 2.36. The van der Waals surface area contributed by atoms with Gasteiger partial charge in [-0.2, -0.15) is 0 Å². The fourth-order valence-corrected chi connectivity index (χ4v) is 4.19. The van der Waals surface area contributed by atoms with Crippen molar-refractivity contribution in [2.45, 2.75) is 24.2 Å². The Kier molecular flexibility index (Phi) is 5.33. The third kappa shape index (κ3) is 4.13. The van der Waals surface area contributed by atoms with Crippen molar-refractivity contribution >= 4 is 29.1 Å². The lowest BCUT2D eigenvalue weighted by Crippen LogP contribution is -2.23. The molecule has 0 N–H and O–H groups in total. The van der Waals surface area contributed by atoms with E-state index >= 15 is 0 Å². The van der Waals surface area contributed by atoms with Gasteiger partial charge in [-0.15, -0.1) is 10.2 Å². The molecule has 1 atom stereocenters. The second-order valence-corrected chi connectivity index (χ2v) is 8.11. The second kappa shape index (κ2) is 8.43. The highest BCUT2D eigenvalue weighted by atomic mass is 32.2. The first kappa shape index (κ1) is 19.6. The van der Waals surface area contributed by atoms with Crippen molar-refractivity contribution in [1.82, 2.24) is 10.2 Å². The van der Waals surface area contributed by atoms with Gasteiger partial charge in [0.1, 0.15) is 6.61 Å². The molecular weight excluding hydrogens is 418 g/mol. The number of thioether (sulfide) groups is 1. The van der Waals surface area contributed by atoms with Crippen LogP contribution < -0.4 is 14.4 Å². The zero-order valence-electron chi connectivity index (χ0n) is 16.5. The van der Waals surface area contributed by atoms with Crippen molar-refractivity contribution in [2.24, 2.45) is 0 Å². The van der Waals surface area contributed by atoms with Crippen LogP contribution >= 0.6 is 11.8 Å². The Balaban J connectivity index is 1.21. The lowest BCUT2D eigenvalue weighted by atomic mass is 10.1. The summed E-state index contributed by atoms with van der Waals surface area (Å²) in [6.07, 6.45) is 0.893. The quantitative estimate of drug-likeness (QED) is 0.426. The zero-order chi connectivity index (χ0) is 21.2. The lowest BCUT2D eigenvalue weighted by molar-refractivity contribution is -0.117. The molecule has 3 aromatic rings. The number of carbonyl (C=O) groups is 2. The highest BCUT2D eigenvalue weighted by molar-refractivity contribution is 7.99. The molecule has 8 nitrogen and oxygen atoms in total. The molecule has 0 radical (unpaired) electrons. The highest BCUT2D eigenvalue weighted by Gasteiger charge is 2.27. The van der Waals surface area contributed by atoms with Crippen LogP contribution in [0.3, 0.4) is 0 Å². The lowest BCUT2D eigenvalue weighted by Gasteiger charge is -2.23. The first-order chi connectivity index (χ1) is 15.2. The van der Waals surface area contributed by atoms with E-state index in [1.807, 2.05) is 30.3 Å². The maximum Gasteiger partial charge on any atom is 0.277 e. The Bertz CT molecular complexity index is 1130. The molecule has 1 amide bonds. The van der Waals surface area contributed by atoms with Crippen LogP contribution in [-0.2, 0) is 4.79 Å². The minimum atomic E-state index is -0.498. The fourth-order valence-electron chi connectivity index (χ4n) is 3.53. The molecule has 1 aromatic heterocycles. The van der Waals surface area contributed by atoms with Crippen molar-refractivity contribution in [1.29, 1.82) is 0 Å². The van der Waals surface area contributed by atoms with Gasteiger partial charge >= 0.3 is 0 Å². The third-order valence-electron chi connectivity index (χ3n) is 5.09. The van der Waals surface area contributed by atoms with Gasteiger partial charge in [-0.05, 0) is 30.7 Å². The first-order valence-corrected chi connectivity index (χ1v) is 10.9. The van der Waals surface area contributed by atoms with E-state index in [2.05, 4.69) is 10.2 Å². The van der Waals surface area contributed by atoms with E-state index in [-0.39, 0.29) is 29.3 Å². The Hall–Kier alpha value is -3.33. The van der Waals surface area contributed by atoms with Gasteiger partial charge in [0.2, 0.25) is 12.0 Å². The topological polar surface area (TPSA) is 94.8 Å². The predicted octanol–water partition coefficient (Wildman–Crippen LogP) is 3.68. The van der Waals surface area contributed by atoms with Gasteiger partial charge in [-0.3, -0.25) is 9.59 Å². The molecule has 0 aliphatic carbocycles. The number of nitrogens with zero attached hydrogens (tertiary/aromatic N) is 3. The van der Waals surface area contributed by atoms with Gasteiger partial charge in [0, 0.05) is 24.2 Å². The van der Waals surface area contributed by atoms with E-state index in [1.165, 1.54) is 11.8 Å². The van der Waals surface area contributed by atoms with Crippen molar-refractivity contribution in [3.05, 3.63) is 60.0 Å². The SMILES string of the molecule is O=C(CSc1nnc([C@H]2COc3ccccc3O2)o1)c1cccc(N2CCCC2=O)c1. The zero-order valence-corrected chi connectivity index (χ0v) is 17.3. The number of hydrogen-bond donors (Lipinski definition) is 0. The Morgan fingerprint density at radius 1 is 1.13 bits per heavy atom. The Morgan fingerprint density at radius 3 is 2.84 bits per heavy atom. The van der Waals surface area contributed by atoms with Gasteiger partial charge in [-0.25, -0.2) is 0 Å². The van der Waals surface area contributed by atoms with E-state index < -0.39 is 6.10 Å². The van der Waals surface area contributed by atoms with Gasteiger partial charge in [-0.1, -0.05) is 36.0 Å². The molecule has 0 unspecified atom stereocenters. The number of amides is 1. The summed E-state index contributed by atoms with van der Waals surface area (Å²) >= 11 is 1.17. The van der Waals surface area contributed by atoms with Crippen LogP contribution in [0.4, 0.5) is 5.69 Å². The van der Waals surface area contributed by atoms with Crippen molar-refractivity contribution in [2.75, 3.05) is 23.8 Å². The Morgan fingerprint density at radius 2 is 2.00 bits per heavy atom. The van der Waals surface area contributed by atoms with E-state index in [0.29, 0.717) is 35.9 Å². The number of anilines is 1. The molecule has 3 heterocycles. The summed E-state index contributed by atoms with van der Waals surface area (Å²) < 4.78 is 17.2. The van der Waals surface area contributed by atoms with Crippen molar-refractivity contribution in [3.63, 3.8) is 0 Å². The van der Waals surface area contributed by atoms with Crippen LogP contribution in [0.2, 0.25) is 0 Å². The molecule has 9 heteroatoms. The van der Waals surface area contributed by atoms with Crippen molar-refractivity contribution < 1.29 is 23.5 Å². The summed E-state index contributed by atoms with van der Waals surface area (Å²) in [5.74, 6) is 1.76. The summed E-state index contributed by atoms with van der Waals surface area (Å²) in [4.78, 5) is 26.3. The molecular formula is C22H19N3O5S. The van der Waals surface area contributed by atoms with Crippen LogP contribution in [0.25, 0.3) is 0 Å². The number of Topliss-reactive ketones (excluding diaryl/α,β-unsaturated/α-hetero) is 1. The molecule has 31 heavy (non-hydrogen) atoms. The molecule has 2 aliphatic heterocycles. The molecule has 5 rings (SSSR count). The number of ketones is 1. The minimum absolute atomic E-state index is 0.0792. The van der Waals surface area contributed by atoms with Crippen LogP contribution in [-0.4, -0.2) is 40.8 Å². The van der Waals surface area contributed by atoms with Gasteiger partial charge in [0.05, 0.1) is 5.75 Å². The average molecular weight is 437 g/mol. The minimum Gasteiger partial charge on any atom is -0.485 e. The van der Waals surface area contributed by atoms with Crippen molar-refractivity contribution in [3.8, 4) is 11.5 Å². The molecule has 2 aromatic carbocycles. The standard InChI is InChI=1S/C22H19N3O5S/c26-16(14-5-3-6-15(11-14)25-10-4-9-20(25)27)13-31-22-24-23-21(30-22)19-12-28-17-7-1-2-8-18(17)29-19/h1-3,5-8,11,19H,4,9-10,12-13H2/t19-/m1/s1. The number of para-hydroxylation sites is 2. The van der Waals surface area contributed by atoms with E-state index in [9.17, 15) is 9.59 Å². The number of aromatic nitrogens is 2. The Labute approximate surface area is 182 Å². The van der Waals surface area contributed by atoms with E-state index in [4.69, 9.17) is 13.9 Å². The molecule has 0 bridgehead atoms. The number of benzene rings is 2. The molecule has 1 fully saturated rings. The molecule has 1 saturated heterocycles. The monoisotopic (exact) mass is 437 g/mol. The van der Waals surface area contributed by atoms with Crippen LogP contribution in [0.1, 0.15) is 35.2 Å². The van der Waals surface area contributed by atoms with E-state index in [0.717, 1.165) is 12.1 Å². The maximum atomic E-state index is 12.7. The normalized spacial score (nSPS) is 17.7. The number of fused-ring (bicyclic) bond motifs is 1. The number of ether oxygens (including phenoxy) is 2. The second-order valence-electron chi connectivity index (χ2n) is 7.18. The molecule has 158 valence electrons. The summed E-state index contributed by atoms with van der Waals surface area (Å²) in [5.41, 5.74) is 1.30. The summed E-state index contributed by atoms with van der Waals surface area (Å²) in [6, 6.07) is 14.5. The number of rotatable bonds is 6. The smallest absolute Gasteiger partial charge is 0.277 e. The van der Waals surface area contributed by atoms with E-state index in [1.54, 1.807) is 23.1 Å². The maximum absolute atomic E-state index is 12.7. The molecule has 2 aliphatic rings. The molecule has 0 saturated carbocycles. The van der Waals surface area contributed by atoms with Gasteiger partial charge < -0.3 is 18.8 Å². The summed E-state index contributed by atoms with van der Waals surface area (Å²) in [6.45, 7) is 0.956. The third-order valence-corrected chi connectivity index (χ3v) is 5.90. The molecule has 0 spiro atoms.